The molecule has 5 nitrogen and oxygen atoms in total. The molecule has 0 spiro atoms. The van der Waals surface area contributed by atoms with Gasteiger partial charge in [-0.25, -0.2) is 0 Å². The average Bonchev–Trinajstić information content (AvgIpc) is 2.92. The number of halogens is 1. The van der Waals surface area contributed by atoms with E-state index in [1.807, 2.05) is 0 Å². The van der Waals surface area contributed by atoms with Crippen LogP contribution in [0.4, 0.5) is 5.82 Å². The number of aromatic nitrogens is 1. The summed E-state index contributed by atoms with van der Waals surface area (Å²) in [7, 11) is 0. The van der Waals surface area contributed by atoms with Crippen LogP contribution in [0.15, 0.2) is 12.3 Å². The molecule has 0 saturated heterocycles. The fourth-order valence-corrected chi connectivity index (χ4v) is 1.11. The van der Waals surface area contributed by atoms with Crippen LogP contribution in [-0.4, -0.2) is 16.0 Å². The summed E-state index contributed by atoms with van der Waals surface area (Å²) in [6.07, 6.45) is 3.35. The molecule has 1 aromatic rings. The zero-order chi connectivity index (χ0) is 10.1. The summed E-state index contributed by atoms with van der Waals surface area (Å²) in [5.41, 5.74) is 0. The van der Waals surface area contributed by atoms with Crippen LogP contribution < -0.4 is 4.74 Å². The topological polar surface area (TPSA) is 65.3 Å². The molecular weight excluding hydrogens is 208 g/mol. The molecule has 1 aromatic heterocycles. The van der Waals surface area contributed by atoms with Gasteiger partial charge in [-0.15, -0.1) is 0 Å². The van der Waals surface area contributed by atoms with E-state index in [0.29, 0.717) is 10.8 Å². The van der Waals surface area contributed by atoms with Gasteiger partial charge in [-0.1, -0.05) is 11.6 Å². The molecule has 2 rings (SSSR count). The van der Waals surface area contributed by atoms with Crippen molar-refractivity contribution in [2.45, 2.75) is 18.9 Å². The molecule has 0 radical (unpaired) electrons. The Bertz CT molecular complexity index is 379. The van der Waals surface area contributed by atoms with Crippen LogP contribution in [0, 0.1) is 10.1 Å². The fourth-order valence-electron chi connectivity index (χ4n) is 0.966. The van der Waals surface area contributed by atoms with E-state index >= 15 is 0 Å². The largest absolute Gasteiger partial charge is 0.488 e. The zero-order valence-corrected chi connectivity index (χ0v) is 7.90. The van der Waals surface area contributed by atoms with Crippen molar-refractivity contribution in [3.8, 4) is 5.75 Å². The highest BCUT2D eigenvalue weighted by Gasteiger charge is 2.25. The summed E-state index contributed by atoms with van der Waals surface area (Å²) in [6, 6.07) is 1.25. The van der Waals surface area contributed by atoms with Gasteiger partial charge in [0.15, 0.2) is 11.9 Å². The van der Waals surface area contributed by atoms with E-state index in [-0.39, 0.29) is 11.9 Å². The minimum atomic E-state index is -0.573. The summed E-state index contributed by atoms with van der Waals surface area (Å²) in [6.45, 7) is 0. The molecular formula is C8H7ClN2O3. The SMILES string of the molecule is O=[N+]([O-])c1cc(OC2CC2)c(Cl)cn1. The summed E-state index contributed by atoms with van der Waals surface area (Å²) < 4.78 is 5.37. The minimum Gasteiger partial charge on any atom is -0.488 e. The van der Waals surface area contributed by atoms with Crippen LogP contribution in [0.5, 0.6) is 5.75 Å². The average molecular weight is 215 g/mol. The Hall–Kier alpha value is -1.36. The summed E-state index contributed by atoms with van der Waals surface area (Å²) in [5, 5.41) is 10.7. The smallest absolute Gasteiger partial charge is 0.367 e. The van der Waals surface area contributed by atoms with Crippen LogP contribution in [0.1, 0.15) is 12.8 Å². The van der Waals surface area contributed by atoms with Gasteiger partial charge in [0.25, 0.3) is 0 Å². The van der Waals surface area contributed by atoms with Gasteiger partial charge in [-0.2, -0.15) is 0 Å². The van der Waals surface area contributed by atoms with Gasteiger partial charge in [0.2, 0.25) is 0 Å². The number of pyridine rings is 1. The molecule has 1 fully saturated rings. The molecule has 6 heteroatoms. The lowest BCUT2D eigenvalue weighted by molar-refractivity contribution is -0.389. The molecule has 1 heterocycles. The van der Waals surface area contributed by atoms with Gasteiger partial charge >= 0.3 is 5.82 Å². The van der Waals surface area contributed by atoms with E-state index in [1.54, 1.807) is 0 Å². The fraction of sp³-hybridized carbons (Fsp3) is 0.375. The van der Waals surface area contributed by atoms with Gasteiger partial charge in [0.1, 0.15) is 5.02 Å². The monoisotopic (exact) mass is 214 g/mol. The molecule has 0 aromatic carbocycles. The molecule has 0 unspecified atom stereocenters. The predicted octanol–water partition coefficient (Wildman–Crippen LogP) is 2.18. The van der Waals surface area contributed by atoms with E-state index in [0.717, 1.165) is 12.8 Å². The minimum absolute atomic E-state index is 0.162. The molecule has 0 bridgehead atoms. The second kappa shape index (κ2) is 3.42. The van der Waals surface area contributed by atoms with E-state index in [9.17, 15) is 10.1 Å². The molecule has 1 aliphatic carbocycles. The molecule has 0 aliphatic heterocycles. The lowest BCUT2D eigenvalue weighted by Gasteiger charge is -2.04. The van der Waals surface area contributed by atoms with E-state index in [4.69, 9.17) is 16.3 Å². The highest BCUT2D eigenvalue weighted by Crippen LogP contribution is 2.32. The highest BCUT2D eigenvalue weighted by atomic mass is 35.5. The third-order valence-electron chi connectivity index (χ3n) is 1.81. The van der Waals surface area contributed by atoms with Crippen LogP contribution in [0.25, 0.3) is 0 Å². The maximum atomic E-state index is 10.4. The van der Waals surface area contributed by atoms with Gasteiger partial charge in [0, 0.05) is 0 Å². The number of hydrogen-bond donors (Lipinski definition) is 0. The summed E-state index contributed by atoms with van der Waals surface area (Å²) in [4.78, 5) is 13.4. The summed E-state index contributed by atoms with van der Waals surface area (Å²) >= 11 is 5.76. The first-order chi connectivity index (χ1) is 6.66. The van der Waals surface area contributed by atoms with Crippen molar-refractivity contribution >= 4 is 17.4 Å². The molecule has 0 N–H and O–H groups in total. The van der Waals surface area contributed by atoms with Crippen molar-refractivity contribution in [3.63, 3.8) is 0 Å². The number of rotatable bonds is 3. The molecule has 1 saturated carbocycles. The standard InChI is InChI=1S/C8H7ClN2O3/c9-6-4-10-8(11(12)13)3-7(6)14-5-1-2-5/h3-5H,1-2H2. The highest BCUT2D eigenvalue weighted by molar-refractivity contribution is 6.31. The van der Waals surface area contributed by atoms with Crippen molar-refractivity contribution in [1.29, 1.82) is 0 Å². The number of nitro groups is 1. The second-order valence-corrected chi connectivity index (χ2v) is 3.45. The maximum Gasteiger partial charge on any atom is 0.367 e. The molecule has 74 valence electrons. The van der Waals surface area contributed by atoms with Crippen molar-refractivity contribution in [1.82, 2.24) is 4.98 Å². The van der Waals surface area contributed by atoms with Crippen LogP contribution >= 0.6 is 11.6 Å². The van der Waals surface area contributed by atoms with E-state index < -0.39 is 4.92 Å². The van der Waals surface area contributed by atoms with Gasteiger partial charge in [-0.05, 0) is 22.7 Å². The Morgan fingerprint density at radius 1 is 1.64 bits per heavy atom. The lowest BCUT2D eigenvalue weighted by atomic mass is 10.4. The van der Waals surface area contributed by atoms with Gasteiger partial charge < -0.3 is 14.9 Å². The lowest BCUT2D eigenvalue weighted by Crippen LogP contribution is -1.99. The van der Waals surface area contributed by atoms with Gasteiger partial charge in [-0.3, -0.25) is 0 Å². The Labute approximate surface area is 84.8 Å². The van der Waals surface area contributed by atoms with Crippen molar-refractivity contribution in [2.75, 3.05) is 0 Å². The third kappa shape index (κ3) is 1.93. The zero-order valence-electron chi connectivity index (χ0n) is 7.14. The Morgan fingerprint density at radius 2 is 2.36 bits per heavy atom. The van der Waals surface area contributed by atoms with Crippen molar-refractivity contribution in [3.05, 3.63) is 27.4 Å². The first kappa shape index (κ1) is 9.21. The van der Waals surface area contributed by atoms with Gasteiger partial charge in [0.05, 0.1) is 12.2 Å². The van der Waals surface area contributed by atoms with Crippen molar-refractivity contribution in [2.24, 2.45) is 0 Å². The van der Waals surface area contributed by atoms with E-state index in [1.165, 1.54) is 12.3 Å². The maximum absolute atomic E-state index is 10.4. The quantitative estimate of drug-likeness (QED) is 0.571. The van der Waals surface area contributed by atoms with Crippen LogP contribution in [0.2, 0.25) is 5.02 Å². The number of hydrogen-bond acceptors (Lipinski definition) is 4. The normalized spacial score (nSPS) is 15.2. The first-order valence-corrected chi connectivity index (χ1v) is 4.51. The summed E-state index contributed by atoms with van der Waals surface area (Å²) in [5.74, 6) is 0.0981. The molecule has 0 atom stereocenters. The van der Waals surface area contributed by atoms with Crippen molar-refractivity contribution < 1.29 is 9.66 Å². The second-order valence-electron chi connectivity index (χ2n) is 3.05. The molecule has 1 aliphatic rings. The molecule has 14 heavy (non-hydrogen) atoms. The van der Waals surface area contributed by atoms with Crippen LogP contribution in [-0.2, 0) is 0 Å². The Kier molecular flexibility index (Phi) is 2.25. The number of nitrogens with zero attached hydrogens (tertiary/aromatic N) is 2. The predicted molar refractivity (Wildman–Crippen MR) is 49.6 cm³/mol. The first-order valence-electron chi connectivity index (χ1n) is 4.13. The Balaban J connectivity index is 2.26. The van der Waals surface area contributed by atoms with E-state index in [2.05, 4.69) is 4.98 Å². The molecule has 0 amide bonds. The third-order valence-corrected chi connectivity index (χ3v) is 2.09. The van der Waals surface area contributed by atoms with Crippen LogP contribution in [0.3, 0.4) is 0 Å². The number of ether oxygens (including phenoxy) is 1. The Morgan fingerprint density at radius 3 is 2.93 bits per heavy atom.